The Kier molecular flexibility index (Phi) is 3.63. The highest BCUT2D eigenvalue weighted by molar-refractivity contribution is 7.84. The molecule has 0 spiro atoms. The third-order valence-electron chi connectivity index (χ3n) is 2.07. The van der Waals surface area contributed by atoms with E-state index in [0.29, 0.717) is 0 Å². The second-order valence-electron chi connectivity index (χ2n) is 3.01. The van der Waals surface area contributed by atoms with Crippen LogP contribution in [0.1, 0.15) is 24.9 Å². The Bertz CT molecular complexity index is 312. The lowest BCUT2D eigenvalue weighted by molar-refractivity contribution is 0.669. The van der Waals surface area contributed by atoms with Crippen LogP contribution in [0.2, 0.25) is 0 Å². The van der Waals surface area contributed by atoms with E-state index in [4.69, 9.17) is 5.73 Å². The Morgan fingerprint density at radius 2 is 2.08 bits per heavy atom. The van der Waals surface area contributed by atoms with Gasteiger partial charge in [0.15, 0.2) is 0 Å². The second kappa shape index (κ2) is 4.53. The molecule has 1 unspecified atom stereocenters. The summed E-state index contributed by atoms with van der Waals surface area (Å²) in [5.74, 6) is 0. The van der Waals surface area contributed by atoms with Crippen LogP contribution in [0.3, 0.4) is 0 Å². The van der Waals surface area contributed by atoms with Crippen molar-refractivity contribution >= 4 is 10.8 Å². The van der Waals surface area contributed by atoms with Crippen molar-refractivity contribution in [3.63, 3.8) is 0 Å². The first-order valence-electron chi connectivity index (χ1n) is 4.34. The van der Waals surface area contributed by atoms with Gasteiger partial charge in [-0.1, -0.05) is 25.1 Å². The van der Waals surface area contributed by atoms with E-state index in [1.54, 1.807) is 6.26 Å². The van der Waals surface area contributed by atoms with E-state index in [9.17, 15) is 4.21 Å². The van der Waals surface area contributed by atoms with Gasteiger partial charge in [-0.25, -0.2) is 0 Å². The fourth-order valence-electron chi connectivity index (χ4n) is 1.27. The second-order valence-corrected chi connectivity index (χ2v) is 4.35. The highest BCUT2D eigenvalue weighted by atomic mass is 32.2. The van der Waals surface area contributed by atoms with Crippen LogP contribution in [0.5, 0.6) is 0 Å². The Morgan fingerprint density at radius 1 is 1.46 bits per heavy atom. The van der Waals surface area contributed by atoms with Crippen molar-refractivity contribution in [2.45, 2.75) is 24.3 Å². The van der Waals surface area contributed by atoms with Crippen molar-refractivity contribution in [2.75, 3.05) is 6.26 Å². The lowest BCUT2D eigenvalue weighted by atomic mass is 10.1. The zero-order valence-electron chi connectivity index (χ0n) is 7.99. The Labute approximate surface area is 81.6 Å². The van der Waals surface area contributed by atoms with E-state index in [1.165, 1.54) is 0 Å². The van der Waals surface area contributed by atoms with E-state index in [1.807, 2.05) is 31.2 Å². The molecule has 0 fully saturated rings. The normalized spacial score (nSPS) is 15.3. The molecule has 0 amide bonds. The number of nitrogens with two attached hydrogens (primary N) is 1. The molecular weight excluding hydrogens is 182 g/mol. The maximum Gasteiger partial charge on any atom is 0.0501 e. The molecule has 0 saturated heterocycles. The molecule has 72 valence electrons. The van der Waals surface area contributed by atoms with Gasteiger partial charge in [0, 0.05) is 17.2 Å². The molecule has 0 heterocycles. The third kappa shape index (κ3) is 2.39. The van der Waals surface area contributed by atoms with E-state index in [0.717, 1.165) is 16.9 Å². The predicted molar refractivity (Wildman–Crippen MR) is 56.0 cm³/mol. The quantitative estimate of drug-likeness (QED) is 0.803. The van der Waals surface area contributed by atoms with E-state index >= 15 is 0 Å². The van der Waals surface area contributed by atoms with Crippen molar-refractivity contribution in [2.24, 2.45) is 5.73 Å². The molecule has 0 aliphatic rings. The molecule has 2 atom stereocenters. The number of hydrogen-bond donors (Lipinski definition) is 1. The molecule has 0 aliphatic carbocycles. The molecule has 3 heteroatoms. The summed E-state index contributed by atoms with van der Waals surface area (Å²) >= 11 is 0. The SMILES string of the molecule is CC[C@@H](N)c1ccccc1S(C)=O. The highest BCUT2D eigenvalue weighted by Crippen LogP contribution is 2.20. The lowest BCUT2D eigenvalue weighted by Gasteiger charge is -2.12. The van der Waals surface area contributed by atoms with Crippen molar-refractivity contribution in [3.8, 4) is 0 Å². The number of benzene rings is 1. The summed E-state index contributed by atoms with van der Waals surface area (Å²) in [7, 11) is -0.943. The third-order valence-corrected chi connectivity index (χ3v) is 3.06. The summed E-state index contributed by atoms with van der Waals surface area (Å²) in [6.45, 7) is 2.03. The van der Waals surface area contributed by atoms with Crippen LogP contribution in [-0.2, 0) is 10.8 Å². The molecule has 0 saturated carbocycles. The smallest absolute Gasteiger partial charge is 0.0501 e. The van der Waals surface area contributed by atoms with Gasteiger partial charge in [-0.15, -0.1) is 0 Å². The summed E-state index contributed by atoms with van der Waals surface area (Å²) in [6.07, 6.45) is 2.55. The summed E-state index contributed by atoms with van der Waals surface area (Å²) in [4.78, 5) is 0.858. The lowest BCUT2D eigenvalue weighted by Crippen LogP contribution is -2.11. The topological polar surface area (TPSA) is 43.1 Å². The molecule has 13 heavy (non-hydrogen) atoms. The molecular formula is C10H15NOS. The van der Waals surface area contributed by atoms with Crippen LogP contribution >= 0.6 is 0 Å². The molecule has 1 rings (SSSR count). The molecule has 0 radical (unpaired) electrons. The first-order valence-corrected chi connectivity index (χ1v) is 5.90. The maximum absolute atomic E-state index is 11.3. The Hall–Kier alpha value is -0.670. The molecule has 2 nitrogen and oxygen atoms in total. The van der Waals surface area contributed by atoms with Crippen LogP contribution in [0, 0.1) is 0 Å². The van der Waals surface area contributed by atoms with Gasteiger partial charge in [-0.2, -0.15) is 0 Å². The summed E-state index contributed by atoms with van der Waals surface area (Å²) in [5, 5.41) is 0. The molecule has 0 aromatic heterocycles. The number of rotatable bonds is 3. The van der Waals surface area contributed by atoms with E-state index < -0.39 is 10.8 Å². The average molecular weight is 197 g/mol. The number of hydrogen-bond acceptors (Lipinski definition) is 2. The van der Waals surface area contributed by atoms with Crippen LogP contribution in [0.4, 0.5) is 0 Å². The fraction of sp³-hybridized carbons (Fsp3) is 0.400. The fourth-order valence-corrected chi connectivity index (χ4v) is 2.09. The largest absolute Gasteiger partial charge is 0.324 e. The van der Waals surface area contributed by atoms with Crippen molar-refractivity contribution in [1.82, 2.24) is 0 Å². The zero-order chi connectivity index (χ0) is 9.84. The first-order chi connectivity index (χ1) is 6.16. The van der Waals surface area contributed by atoms with Gasteiger partial charge in [-0.05, 0) is 18.1 Å². The monoisotopic (exact) mass is 197 g/mol. The van der Waals surface area contributed by atoms with Gasteiger partial charge >= 0.3 is 0 Å². The summed E-state index contributed by atoms with van der Waals surface area (Å²) in [5.41, 5.74) is 6.90. The van der Waals surface area contributed by atoms with Gasteiger partial charge < -0.3 is 5.73 Å². The Balaban J connectivity index is 3.11. The average Bonchev–Trinajstić information content (AvgIpc) is 2.16. The van der Waals surface area contributed by atoms with Crippen LogP contribution in [0.15, 0.2) is 29.2 Å². The minimum atomic E-state index is -0.943. The zero-order valence-corrected chi connectivity index (χ0v) is 8.80. The molecule has 2 N–H and O–H groups in total. The van der Waals surface area contributed by atoms with Crippen molar-refractivity contribution in [3.05, 3.63) is 29.8 Å². The van der Waals surface area contributed by atoms with Gasteiger partial charge in [0.25, 0.3) is 0 Å². The molecule has 1 aromatic rings. The summed E-state index contributed by atoms with van der Waals surface area (Å²) in [6, 6.07) is 7.65. The maximum atomic E-state index is 11.3. The van der Waals surface area contributed by atoms with Gasteiger partial charge in [0.1, 0.15) is 0 Å². The minimum Gasteiger partial charge on any atom is -0.324 e. The minimum absolute atomic E-state index is 0.0000926. The van der Waals surface area contributed by atoms with E-state index in [2.05, 4.69) is 0 Å². The van der Waals surface area contributed by atoms with Crippen molar-refractivity contribution < 1.29 is 4.21 Å². The van der Waals surface area contributed by atoms with Crippen LogP contribution < -0.4 is 5.73 Å². The standard InChI is InChI=1S/C10H15NOS/c1-3-9(11)8-6-4-5-7-10(8)13(2)12/h4-7,9H,3,11H2,1-2H3/t9-,13?/m1/s1. The van der Waals surface area contributed by atoms with Crippen LogP contribution in [0.25, 0.3) is 0 Å². The molecule has 1 aromatic carbocycles. The summed E-state index contributed by atoms with van der Waals surface area (Å²) < 4.78 is 11.3. The van der Waals surface area contributed by atoms with Crippen LogP contribution in [-0.4, -0.2) is 10.5 Å². The van der Waals surface area contributed by atoms with Gasteiger partial charge in [-0.3, -0.25) is 4.21 Å². The predicted octanol–water partition coefficient (Wildman–Crippen LogP) is 1.83. The molecule has 0 bridgehead atoms. The first kappa shape index (κ1) is 10.4. The van der Waals surface area contributed by atoms with E-state index in [-0.39, 0.29) is 6.04 Å². The van der Waals surface area contributed by atoms with Gasteiger partial charge in [0.2, 0.25) is 0 Å². The molecule has 0 aliphatic heterocycles. The Morgan fingerprint density at radius 3 is 2.62 bits per heavy atom. The van der Waals surface area contributed by atoms with Crippen molar-refractivity contribution in [1.29, 1.82) is 0 Å². The highest BCUT2D eigenvalue weighted by Gasteiger charge is 2.10. The van der Waals surface area contributed by atoms with Gasteiger partial charge in [0.05, 0.1) is 10.8 Å².